The predicted octanol–water partition coefficient (Wildman–Crippen LogP) is 3.73. The third-order valence-electron chi connectivity index (χ3n) is 3.98. The highest BCUT2D eigenvalue weighted by Gasteiger charge is 2.33. The van der Waals surface area contributed by atoms with E-state index in [0.717, 1.165) is 17.7 Å². The van der Waals surface area contributed by atoms with Gasteiger partial charge in [-0.1, -0.05) is 18.2 Å². The van der Waals surface area contributed by atoms with Crippen LogP contribution in [0.25, 0.3) is 0 Å². The number of methoxy groups -OCH3 is 2. The van der Waals surface area contributed by atoms with Crippen LogP contribution in [-0.2, 0) is 19.3 Å². The molecule has 2 aromatic rings. The molecule has 0 saturated carbocycles. The van der Waals surface area contributed by atoms with E-state index in [2.05, 4.69) is 15.6 Å². The van der Waals surface area contributed by atoms with Crippen molar-refractivity contribution in [3.05, 3.63) is 58.9 Å². The first-order valence-electron chi connectivity index (χ1n) is 8.30. The summed E-state index contributed by atoms with van der Waals surface area (Å²) in [6.45, 7) is 0.125. The monoisotopic (exact) mass is 399 g/mol. The Balaban J connectivity index is 2.08. The summed E-state index contributed by atoms with van der Waals surface area (Å²) in [7, 11) is 4.53. The molecule has 0 saturated heterocycles. The summed E-state index contributed by atoms with van der Waals surface area (Å²) < 4.78 is 63.1. The van der Waals surface area contributed by atoms with Crippen molar-refractivity contribution in [2.24, 2.45) is 4.99 Å². The Labute approximate surface area is 160 Å². The summed E-state index contributed by atoms with van der Waals surface area (Å²) in [5.74, 6) is 0.447. The minimum Gasteiger partial charge on any atom is -0.493 e. The standard InChI is InChI=1S/C19H21F4N3O2/c1-24-18(26-11-13-5-4-6-16(27-2)17(13)28-3)25-10-12-7-8-14(20)9-15(12)19(21,22)23/h4-9H,10-11H2,1-3H3,(H2,24,25,26). The molecule has 0 aromatic heterocycles. The van der Waals surface area contributed by atoms with Crippen LogP contribution in [0.5, 0.6) is 11.5 Å². The first kappa shape index (κ1) is 21.3. The lowest BCUT2D eigenvalue weighted by molar-refractivity contribution is -0.138. The fourth-order valence-corrected chi connectivity index (χ4v) is 2.64. The van der Waals surface area contributed by atoms with Gasteiger partial charge in [-0.3, -0.25) is 4.99 Å². The lowest BCUT2D eigenvalue weighted by Crippen LogP contribution is -2.36. The molecule has 2 rings (SSSR count). The zero-order chi connectivity index (χ0) is 20.7. The number of rotatable bonds is 6. The Morgan fingerprint density at radius 2 is 1.68 bits per heavy atom. The van der Waals surface area contributed by atoms with E-state index in [4.69, 9.17) is 9.47 Å². The zero-order valence-corrected chi connectivity index (χ0v) is 15.7. The average Bonchev–Trinajstić information content (AvgIpc) is 2.67. The minimum absolute atomic E-state index is 0.0872. The summed E-state index contributed by atoms with van der Waals surface area (Å²) in [6, 6.07) is 7.94. The number of alkyl halides is 3. The van der Waals surface area contributed by atoms with Crippen molar-refractivity contribution in [2.75, 3.05) is 21.3 Å². The number of aliphatic imine (C=N–C) groups is 1. The Morgan fingerprint density at radius 3 is 2.25 bits per heavy atom. The van der Waals surface area contributed by atoms with Gasteiger partial charge in [0.05, 0.1) is 19.8 Å². The summed E-state index contributed by atoms with van der Waals surface area (Å²) in [5, 5.41) is 5.80. The molecule has 0 aliphatic rings. The van der Waals surface area contributed by atoms with Crippen LogP contribution in [0.15, 0.2) is 41.4 Å². The molecule has 0 aliphatic heterocycles. The number of nitrogens with one attached hydrogen (secondary N) is 2. The molecule has 0 bridgehead atoms. The lowest BCUT2D eigenvalue weighted by atomic mass is 10.1. The van der Waals surface area contributed by atoms with Crippen LogP contribution in [0.3, 0.4) is 0 Å². The second-order valence-corrected chi connectivity index (χ2v) is 5.73. The zero-order valence-electron chi connectivity index (χ0n) is 15.7. The van der Waals surface area contributed by atoms with E-state index >= 15 is 0 Å². The Bertz CT molecular complexity index is 838. The molecule has 0 spiro atoms. The maximum Gasteiger partial charge on any atom is 0.416 e. The van der Waals surface area contributed by atoms with Crippen molar-refractivity contribution in [3.8, 4) is 11.5 Å². The topological polar surface area (TPSA) is 54.9 Å². The Hall–Kier alpha value is -2.97. The van der Waals surface area contributed by atoms with Gasteiger partial charge in [0.15, 0.2) is 17.5 Å². The Kier molecular flexibility index (Phi) is 7.08. The van der Waals surface area contributed by atoms with E-state index in [9.17, 15) is 17.6 Å². The number of para-hydroxylation sites is 1. The SMILES string of the molecule is CN=C(NCc1ccc(F)cc1C(F)(F)F)NCc1cccc(OC)c1OC. The van der Waals surface area contributed by atoms with Crippen LogP contribution in [0.1, 0.15) is 16.7 Å². The smallest absolute Gasteiger partial charge is 0.416 e. The molecule has 28 heavy (non-hydrogen) atoms. The van der Waals surface area contributed by atoms with Crippen LogP contribution < -0.4 is 20.1 Å². The van der Waals surface area contributed by atoms with Gasteiger partial charge in [-0.2, -0.15) is 13.2 Å². The third-order valence-corrected chi connectivity index (χ3v) is 3.98. The second kappa shape index (κ2) is 9.29. The van der Waals surface area contributed by atoms with Gasteiger partial charge in [-0.05, 0) is 23.8 Å². The van der Waals surface area contributed by atoms with Crippen molar-refractivity contribution < 1.29 is 27.0 Å². The minimum atomic E-state index is -4.65. The lowest BCUT2D eigenvalue weighted by Gasteiger charge is -2.17. The van der Waals surface area contributed by atoms with Gasteiger partial charge in [0.2, 0.25) is 0 Å². The molecular formula is C19H21F4N3O2. The number of nitrogens with zero attached hydrogens (tertiary/aromatic N) is 1. The summed E-state index contributed by atoms with van der Waals surface area (Å²) in [6.07, 6.45) is -4.65. The molecule has 0 fully saturated rings. The molecule has 2 N–H and O–H groups in total. The van der Waals surface area contributed by atoms with Gasteiger partial charge in [-0.15, -0.1) is 0 Å². The molecule has 0 amide bonds. The largest absolute Gasteiger partial charge is 0.493 e. The maximum atomic E-state index is 13.2. The van der Waals surface area contributed by atoms with Gasteiger partial charge < -0.3 is 20.1 Å². The molecule has 0 heterocycles. The van der Waals surface area contributed by atoms with Crippen molar-refractivity contribution in [2.45, 2.75) is 19.3 Å². The Morgan fingerprint density at radius 1 is 1.00 bits per heavy atom. The number of benzene rings is 2. The molecule has 0 atom stereocenters. The molecule has 0 aliphatic carbocycles. The second-order valence-electron chi connectivity index (χ2n) is 5.73. The highest BCUT2D eigenvalue weighted by molar-refractivity contribution is 5.79. The predicted molar refractivity (Wildman–Crippen MR) is 98.0 cm³/mol. The van der Waals surface area contributed by atoms with Gasteiger partial charge in [0, 0.05) is 25.7 Å². The third kappa shape index (κ3) is 5.28. The van der Waals surface area contributed by atoms with Crippen molar-refractivity contribution in [1.29, 1.82) is 0 Å². The fourth-order valence-electron chi connectivity index (χ4n) is 2.64. The molecule has 2 aromatic carbocycles. The molecule has 5 nitrogen and oxygen atoms in total. The van der Waals surface area contributed by atoms with Crippen molar-refractivity contribution in [1.82, 2.24) is 10.6 Å². The molecule has 0 radical (unpaired) electrons. The highest BCUT2D eigenvalue weighted by Crippen LogP contribution is 2.32. The number of ether oxygens (including phenoxy) is 2. The number of hydrogen-bond donors (Lipinski definition) is 2. The van der Waals surface area contributed by atoms with E-state index < -0.39 is 17.6 Å². The van der Waals surface area contributed by atoms with E-state index in [1.54, 1.807) is 12.1 Å². The maximum absolute atomic E-state index is 13.2. The normalized spacial score (nSPS) is 11.9. The van der Waals surface area contributed by atoms with Crippen molar-refractivity contribution in [3.63, 3.8) is 0 Å². The molecule has 9 heteroatoms. The summed E-state index contributed by atoms with van der Waals surface area (Å²) in [4.78, 5) is 3.99. The molecule has 152 valence electrons. The molecular weight excluding hydrogens is 378 g/mol. The summed E-state index contributed by atoms with van der Waals surface area (Å²) in [5.41, 5.74) is -0.330. The van der Waals surface area contributed by atoms with Gasteiger partial charge in [-0.25, -0.2) is 4.39 Å². The van der Waals surface area contributed by atoms with Crippen LogP contribution in [0, 0.1) is 5.82 Å². The number of hydrogen-bond acceptors (Lipinski definition) is 3. The van der Waals surface area contributed by atoms with Crippen LogP contribution in [0.4, 0.5) is 17.6 Å². The van der Waals surface area contributed by atoms with E-state index in [-0.39, 0.29) is 18.1 Å². The van der Waals surface area contributed by atoms with Gasteiger partial charge >= 0.3 is 6.18 Å². The highest BCUT2D eigenvalue weighted by atomic mass is 19.4. The van der Waals surface area contributed by atoms with Crippen LogP contribution in [0.2, 0.25) is 0 Å². The number of guanidine groups is 1. The fraction of sp³-hybridized carbons (Fsp3) is 0.316. The average molecular weight is 399 g/mol. The first-order chi connectivity index (χ1) is 13.3. The van der Waals surface area contributed by atoms with E-state index in [0.29, 0.717) is 24.1 Å². The van der Waals surface area contributed by atoms with Crippen molar-refractivity contribution >= 4 is 5.96 Å². The summed E-state index contributed by atoms with van der Waals surface area (Å²) >= 11 is 0. The quantitative estimate of drug-likeness (QED) is 0.442. The van der Waals surface area contributed by atoms with Crippen LogP contribution >= 0.6 is 0 Å². The van der Waals surface area contributed by atoms with E-state index in [1.165, 1.54) is 21.3 Å². The number of halogens is 4. The van der Waals surface area contributed by atoms with Gasteiger partial charge in [0.1, 0.15) is 5.82 Å². The van der Waals surface area contributed by atoms with Gasteiger partial charge in [0.25, 0.3) is 0 Å². The first-order valence-corrected chi connectivity index (χ1v) is 8.30. The van der Waals surface area contributed by atoms with E-state index in [1.807, 2.05) is 6.07 Å². The molecule has 0 unspecified atom stereocenters. The van der Waals surface area contributed by atoms with Crippen LogP contribution in [-0.4, -0.2) is 27.2 Å².